The molecule has 0 bridgehead atoms. The Morgan fingerprint density at radius 3 is 2.46 bits per heavy atom. The zero-order valence-corrected chi connectivity index (χ0v) is 15.6. The van der Waals surface area contributed by atoms with Gasteiger partial charge < -0.3 is 15.7 Å². The van der Waals surface area contributed by atoms with E-state index in [1.54, 1.807) is 24.3 Å². The molecule has 1 unspecified atom stereocenters. The summed E-state index contributed by atoms with van der Waals surface area (Å²) in [7, 11) is 0. The summed E-state index contributed by atoms with van der Waals surface area (Å²) in [6.07, 6.45) is 0.999. The van der Waals surface area contributed by atoms with Gasteiger partial charge in [0.05, 0.1) is 6.54 Å². The molecule has 2 amide bonds. The number of carbonyl (C=O) groups is 3. The van der Waals surface area contributed by atoms with Gasteiger partial charge in [-0.25, -0.2) is 4.79 Å². The van der Waals surface area contributed by atoms with Crippen LogP contribution < -0.4 is 10.6 Å². The average molecular weight is 399 g/mol. The SMILES string of the molecule is CC(C)(C)CCC(NC(=O)CNC(=O)c1cccc(Br)c1)C(=O)O. The van der Waals surface area contributed by atoms with Gasteiger partial charge in [-0.2, -0.15) is 0 Å². The molecule has 1 rings (SSSR count). The van der Waals surface area contributed by atoms with E-state index in [1.807, 2.05) is 20.8 Å². The first-order valence-electron chi connectivity index (χ1n) is 7.64. The quantitative estimate of drug-likeness (QED) is 0.657. The van der Waals surface area contributed by atoms with E-state index >= 15 is 0 Å². The summed E-state index contributed by atoms with van der Waals surface area (Å²) in [5, 5.41) is 14.1. The van der Waals surface area contributed by atoms with E-state index in [0.717, 1.165) is 4.47 Å². The average Bonchev–Trinajstić information content (AvgIpc) is 2.47. The lowest BCUT2D eigenvalue weighted by Gasteiger charge is -2.21. The largest absolute Gasteiger partial charge is 0.480 e. The van der Waals surface area contributed by atoms with Gasteiger partial charge in [0.2, 0.25) is 5.91 Å². The van der Waals surface area contributed by atoms with Crippen LogP contribution in [0.25, 0.3) is 0 Å². The van der Waals surface area contributed by atoms with E-state index in [1.165, 1.54) is 0 Å². The van der Waals surface area contributed by atoms with Crippen LogP contribution in [0.2, 0.25) is 0 Å². The molecule has 132 valence electrons. The van der Waals surface area contributed by atoms with Gasteiger partial charge in [0.15, 0.2) is 0 Å². The summed E-state index contributed by atoms with van der Waals surface area (Å²) in [6, 6.07) is 5.81. The van der Waals surface area contributed by atoms with Crippen molar-refractivity contribution in [2.75, 3.05) is 6.54 Å². The number of amides is 2. The molecule has 1 aromatic rings. The minimum atomic E-state index is -1.08. The molecule has 0 saturated heterocycles. The van der Waals surface area contributed by atoms with E-state index in [2.05, 4.69) is 26.6 Å². The van der Waals surface area contributed by atoms with Crippen molar-refractivity contribution in [2.24, 2.45) is 5.41 Å². The van der Waals surface area contributed by atoms with Crippen molar-refractivity contribution in [1.82, 2.24) is 10.6 Å². The van der Waals surface area contributed by atoms with Crippen LogP contribution in [0.5, 0.6) is 0 Å². The summed E-state index contributed by atoms with van der Waals surface area (Å²) in [5.74, 6) is -2.00. The van der Waals surface area contributed by atoms with Gasteiger partial charge in [-0.3, -0.25) is 9.59 Å². The van der Waals surface area contributed by atoms with Crippen molar-refractivity contribution >= 4 is 33.7 Å². The summed E-state index contributed by atoms with van der Waals surface area (Å²) < 4.78 is 0.757. The number of aliphatic carboxylic acids is 1. The number of carboxylic acids is 1. The van der Waals surface area contributed by atoms with Gasteiger partial charge in [-0.05, 0) is 36.5 Å². The zero-order chi connectivity index (χ0) is 18.3. The second kappa shape index (κ2) is 8.82. The minimum absolute atomic E-state index is 0.0205. The van der Waals surface area contributed by atoms with Gasteiger partial charge in [0, 0.05) is 10.0 Å². The van der Waals surface area contributed by atoms with E-state index in [-0.39, 0.29) is 12.0 Å². The van der Waals surface area contributed by atoms with Crippen LogP contribution in [0, 0.1) is 5.41 Å². The van der Waals surface area contributed by atoms with Crippen LogP contribution in [-0.4, -0.2) is 35.5 Å². The summed E-state index contributed by atoms with van der Waals surface area (Å²) in [5.41, 5.74) is 0.396. The van der Waals surface area contributed by atoms with Crippen LogP contribution in [0.4, 0.5) is 0 Å². The summed E-state index contributed by atoms with van der Waals surface area (Å²) >= 11 is 3.27. The standard InChI is InChI=1S/C17H23BrN2O4/c1-17(2,3)8-7-13(16(23)24)20-14(21)10-19-15(22)11-5-4-6-12(18)9-11/h4-6,9,13H,7-8,10H2,1-3H3,(H,19,22)(H,20,21)(H,23,24). The molecule has 0 spiro atoms. The molecule has 1 atom stereocenters. The number of rotatable bonds is 7. The first kappa shape index (κ1) is 20.2. The number of hydrogen-bond donors (Lipinski definition) is 3. The van der Waals surface area contributed by atoms with Crippen LogP contribution in [0.15, 0.2) is 28.7 Å². The maximum Gasteiger partial charge on any atom is 0.326 e. The van der Waals surface area contributed by atoms with Gasteiger partial charge in [0.1, 0.15) is 6.04 Å². The highest BCUT2D eigenvalue weighted by atomic mass is 79.9. The predicted octanol–water partition coefficient (Wildman–Crippen LogP) is 2.57. The lowest BCUT2D eigenvalue weighted by atomic mass is 9.88. The van der Waals surface area contributed by atoms with Crippen LogP contribution in [0.3, 0.4) is 0 Å². The second-order valence-corrected chi connectivity index (χ2v) is 7.67. The second-order valence-electron chi connectivity index (χ2n) is 6.75. The maximum atomic E-state index is 11.9. The molecule has 0 aliphatic heterocycles. The van der Waals surface area contributed by atoms with Crippen LogP contribution in [0.1, 0.15) is 44.0 Å². The van der Waals surface area contributed by atoms with Crippen molar-refractivity contribution < 1.29 is 19.5 Å². The van der Waals surface area contributed by atoms with E-state index < -0.39 is 23.8 Å². The molecule has 0 saturated carbocycles. The third-order valence-corrected chi connectivity index (χ3v) is 3.81. The van der Waals surface area contributed by atoms with E-state index in [9.17, 15) is 19.5 Å². The smallest absolute Gasteiger partial charge is 0.326 e. The van der Waals surface area contributed by atoms with E-state index in [4.69, 9.17) is 0 Å². The number of hydrogen-bond acceptors (Lipinski definition) is 3. The van der Waals surface area contributed by atoms with Gasteiger partial charge >= 0.3 is 5.97 Å². The van der Waals surface area contributed by atoms with Crippen molar-refractivity contribution in [2.45, 2.75) is 39.7 Å². The molecule has 6 nitrogen and oxygen atoms in total. The number of halogens is 1. The van der Waals surface area contributed by atoms with E-state index in [0.29, 0.717) is 18.4 Å². The van der Waals surface area contributed by atoms with Crippen molar-refractivity contribution in [1.29, 1.82) is 0 Å². The fraction of sp³-hybridized carbons (Fsp3) is 0.471. The fourth-order valence-corrected chi connectivity index (χ4v) is 2.37. The van der Waals surface area contributed by atoms with Gasteiger partial charge in [0.25, 0.3) is 5.91 Å². The monoisotopic (exact) mass is 398 g/mol. The molecular formula is C17H23BrN2O4. The number of benzene rings is 1. The molecule has 24 heavy (non-hydrogen) atoms. The number of carboxylic acid groups (broad SMARTS) is 1. The third kappa shape index (κ3) is 7.59. The van der Waals surface area contributed by atoms with Crippen LogP contribution in [-0.2, 0) is 9.59 Å². The lowest BCUT2D eigenvalue weighted by molar-refractivity contribution is -0.142. The maximum absolute atomic E-state index is 11.9. The normalized spacial score (nSPS) is 12.3. The predicted molar refractivity (Wildman–Crippen MR) is 94.7 cm³/mol. The first-order chi connectivity index (χ1) is 11.1. The lowest BCUT2D eigenvalue weighted by Crippen LogP contribution is -2.45. The molecule has 3 N–H and O–H groups in total. The van der Waals surface area contributed by atoms with Gasteiger partial charge in [-0.1, -0.05) is 42.8 Å². The molecule has 0 aliphatic rings. The van der Waals surface area contributed by atoms with Crippen molar-refractivity contribution in [3.05, 3.63) is 34.3 Å². The topological polar surface area (TPSA) is 95.5 Å². The van der Waals surface area contributed by atoms with Crippen molar-refractivity contribution in [3.63, 3.8) is 0 Å². The molecule has 0 radical (unpaired) electrons. The fourth-order valence-electron chi connectivity index (χ4n) is 1.97. The molecule has 1 aromatic carbocycles. The Kier molecular flexibility index (Phi) is 7.41. The van der Waals surface area contributed by atoms with Crippen molar-refractivity contribution in [3.8, 4) is 0 Å². The Balaban J connectivity index is 2.51. The molecule has 0 aromatic heterocycles. The molecule has 0 aliphatic carbocycles. The zero-order valence-electron chi connectivity index (χ0n) is 14.1. The molecule has 0 fully saturated rings. The summed E-state index contributed by atoms with van der Waals surface area (Å²) in [6.45, 7) is 5.74. The number of carbonyl (C=O) groups excluding carboxylic acids is 2. The number of nitrogens with one attached hydrogen (secondary N) is 2. The Morgan fingerprint density at radius 1 is 1.25 bits per heavy atom. The van der Waals surface area contributed by atoms with Crippen LogP contribution >= 0.6 is 15.9 Å². The highest BCUT2D eigenvalue weighted by molar-refractivity contribution is 9.10. The first-order valence-corrected chi connectivity index (χ1v) is 8.44. The molecule has 7 heteroatoms. The third-order valence-electron chi connectivity index (χ3n) is 3.31. The molecule has 0 heterocycles. The Hall–Kier alpha value is -1.89. The Labute approximate surface area is 150 Å². The molecular weight excluding hydrogens is 376 g/mol. The van der Waals surface area contributed by atoms with Gasteiger partial charge in [-0.15, -0.1) is 0 Å². The Morgan fingerprint density at radius 2 is 1.92 bits per heavy atom. The Bertz CT molecular complexity index is 611. The highest BCUT2D eigenvalue weighted by Crippen LogP contribution is 2.21. The minimum Gasteiger partial charge on any atom is -0.480 e. The highest BCUT2D eigenvalue weighted by Gasteiger charge is 2.22. The summed E-state index contributed by atoms with van der Waals surface area (Å²) in [4.78, 5) is 35.1.